The largest absolute Gasteiger partial charge is 0.477 e. The Labute approximate surface area is 158 Å². The lowest BCUT2D eigenvalue weighted by atomic mass is 10.3. The van der Waals surface area contributed by atoms with Crippen LogP contribution in [0.1, 0.15) is 37.7 Å². The second kappa shape index (κ2) is 6.63. The van der Waals surface area contributed by atoms with E-state index in [0.29, 0.717) is 40.8 Å². The highest BCUT2D eigenvalue weighted by Gasteiger charge is 2.23. The minimum atomic E-state index is -3.48. The summed E-state index contributed by atoms with van der Waals surface area (Å²) in [5, 5.41) is 0. The van der Waals surface area contributed by atoms with E-state index in [4.69, 9.17) is 4.74 Å². The highest BCUT2D eigenvalue weighted by Crippen LogP contribution is 2.30. The Balaban J connectivity index is 1.93. The second-order valence-electron chi connectivity index (χ2n) is 7.13. The molecular formula is C18H23N5O3S. The number of rotatable bonds is 7. The highest BCUT2D eigenvalue weighted by molar-refractivity contribution is 7.92. The van der Waals surface area contributed by atoms with Gasteiger partial charge in [0.05, 0.1) is 18.6 Å². The number of hydrogen-bond acceptors (Lipinski definition) is 6. The third-order valence-electron chi connectivity index (χ3n) is 4.54. The summed E-state index contributed by atoms with van der Waals surface area (Å²) in [6.45, 7) is 4.60. The molecule has 3 aromatic rings. The van der Waals surface area contributed by atoms with Crippen molar-refractivity contribution in [2.45, 2.75) is 39.5 Å². The van der Waals surface area contributed by atoms with E-state index >= 15 is 0 Å². The van der Waals surface area contributed by atoms with E-state index in [1.54, 1.807) is 6.07 Å². The van der Waals surface area contributed by atoms with Gasteiger partial charge in [-0.2, -0.15) is 4.98 Å². The van der Waals surface area contributed by atoms with Gasteiger partial charge >= 0.3 is 0 Å². The molecule has 3 heterocycles. The van der Waals surface area contributed by atoms with Gasteiger partial charge in [0.15, 0.2) is 11.5 Å². The summed E-state index contributed by atoms with van der Waals surface area (Å²) in [5.41, 5.74) is 2.55. The van der Waals surface area contributed by atoms with Crippen molar-refractivity contribution < 1.29 is 13.2 Å². The number of imidazole rings is 1. The summed E-state index contributed by atoms with van der Waals surface area (Å²) in [5.74, 6) is 2.29. The molecule has 0 unspecified atom stereocenters. The molecule has 0 saturated heterocycles. The van der Waals surface area contributed by atoms with Crippen molar-refractivity contribution in [2.75, 3.05) is 17.6 Å². The molecule has 1 N–H and O–H groups in total. The molecule has 0 radical (unpaired) electrons. The number of ether oxygens (including phenoxy) is 1. The Morgan fingerprint density at radius 1 is 1.26 bits per heavy atom. The number of hydrogen-bond donors (Lipinski definition) is 1. The van der Waals surface area contributed by atoms with Crippen LogP contribution >= 0.6 is 0 Å². The molecule has 0 amide bonds. The van der Waals surface area contributed by atoms with Crippen LogP contribution in [0.3, 0.4) is 0 Å². The predicted octanol–water partition coefficient (Wildman–Crippen LogP) is 2.70. The Morgan fingerprint density at radius 3 is 2.70 bits per heavy atom. The Morgan fingerprint density at radius 2 is 2.04 bits per heavy atom. The van der Waals surface area contributed by atoms with Crippen LogP contribution in [0.15, 0.2) is 12.1 Å². The smallest absolute Gasteiger partial charge is 0.231 e. The van der Waals surface area contributed by atoms with E-state index in [1.165, 1.54) is 12.8 Å². The van der Waals surface area contributed by atoms with Gasteiger partial charge in [-0.15, -0.1) is 0 Å². The number of fused-ring (bicyclic) bond motifs is 3. The van der Waals surface area contributed by atoms with Crippen molar-refractivity contribution in [1.82, 2.24) is 19.4 Å². The molecule has 8 nitrogen and oxygen atoms in total. The number of nitrogens with zero attached hydrogens (tertiary/aromatic N) is 4. The standard InChI is InChI=1S/C18H23N5O3S/c1-4-5-14-19-11(2)16-17(22-27(3,24)25)20-13-8-9-15(21-18(13)23(14)16)26-10-12-6-7-12/h8-9,12H,4-7,10H2,1-3H3,(H,20,22). The summed E-state index contributed by atoms with van der Waals surface area (Å²) in [6.07, 6.45) is 5.19. The first-order valence-electron chi connectivity index (χ1n) is 9.15. The third kappa shape index (κ3) is 3.69. The van der Waals surface area contributed by atoms with Gasteiger partial charge in [-0.3, -0.25) is 9.12 Å². The first kappa shape index (κ1) is 18.0. The van der Waals surface area contributed by atoms with Crippen LogP contribution in [-0.2, 0) is 16.4 Å². The fourth-order valence-electron chi connectivity index (χ4n) is 3.15. The molecule has 9 heteroatoms. The van der Waals surface area contributed by atoms with Gasteiger partial charge in [-0.05, 0) is 38.2 Å². The normalized spacial score (nSPS) is 14.8. The summed E-state index contributed by atoms with van der Waals surface area (Å²) >= 11 is 0. The van der Waals surface area contributed by atoms with Crippen molar-refractivity contribution in [1.29, 1.82) is 0 Å². The molecule has 4 rings (SSSR count). The summed E-state index contributed by atoms with van der Waals surface area (Å²) in [4.78, 5) is 13.8. The van der Waals surface area contributed by atoms with Crippen LogP contribution in [0.2, 0.25) is 0 Å². The zero-order chi connectivity index (χ0) is 19.2. The maximum atomic E-state index is 11.8. The van der Waals surface area contributed by atoms with Crippen molar-refractivity contribution in [3.8, 4) is 5.88 Å². The molecule has 1 saturated carbocycles. The quantitative estimate of drug-likeness (QED) is 0.667. The lowest BCUT2D eigenvalue weighted by Gasteiger charge is -2.12. The zero-order valence-electron chi connectivity index (χ0n) is 15.7. The van der Waals surface area contributed by atoms with Crippen LogP contribution in [0.4, 0.5) is 5.82 Å². The Bertz CT molecular complexity index is 1120. The fourth-order valence-corrected chi connectivity index (χ4v) is 3.64. The minimum Gasteiger partial charge on any atom is -0.477 e. The maximum Gasteiger partial charge on any atom is 0.231 e. The molecule has 1 aliphatic carbocycles. The number of nitrogens with one attached hydrogen (secondary N) is 1. The van der Waals surface area contributed by atoms with Gasteiger partial charge in [0, 0.05) is 12.5 Å². The number of aromatic nitrogens is 4. The molecule has 1 fully saturated rings. The van der Waals surface area contributed by atoms with Crippen molar-refractivity contribution in [3.63, 3.8) is 0 Å². The Kier molecular flexibility index (Phi) is 4.41. The molecule has 0 spiro atoms. The lowest BCUT2D eigenvalue weighted by molar-refractivity contribution is 0.289. The van der Waals surface area contributed by atoms with Gasteiger partial charge < -0.3 is 4.74 Å². The molecule has 144 valence electrons. The van der Waals surface area contributed by atoms with Crippen LogP contribution in [-0.4, -0.2) is 40.6 Å². The van der Waals surface area contributed by atoms with Gasteiger partial charge in [0.1, 0.15) is 16.9 Å². The van der Waals surface area contributed by atoms with Gasteiger partial charge in [-0.1, -0.05) is 6.92 Å². The highest BCUT2D eigenvalue weighted by atomic mass is 32.2. The average Bonchev–Trinajstić information content (AvgIpc) is 3.36. The first-order chi connectivity index (χ1) is 12.9. The van der Waals surface area contributed by atoms with Gasteiger partial charge in [0.2, 0.25) is 15.9 Å². The summed E-state index contributed by atoms with van der Waals surface area (Å²) < 4.78 is 33.9. The van der Waals surface area contributed by atoms with E-state index in [1.807, 2.05) is 17.4 Å². The van der Waals surface area contributed by atoms with E-state index in [9.17, 15) is 8.42 Å². The molecule has 3 aromatic heterocycles. The second-order valence-corrected chi connectivity index (χ2v) is 8.88. The molecular weight excluding hydrogens is 366 g/mol. The molecule has 0 aromatic carbocycles. The zero-order valence-corrected chi connectivity index (χ0v) is 16.5. The summed E-state index contributed by atoms with van der Waals surface area (Å²) in [6, 6.07) is 3.58. The van der Waals surface area contributed by atoms with Crippen LogP contribution in [0, 0.1) is 12.8 Å². The Hall–Kier alpha value is -2.42. The number of aryl methyl sites for hydroxylation is 2. The predicted molar refractivity (Wildman–Crippen MR) is 104 cm³/mol. The maximum absolute atomic E-state index is 11.8. The third-order valence-corrected chi connectivity index (χ3v) is 5.10. The van der Waals surface area contributed by atoms with E-state index in [-0.39, 0.29) is 5.82 Å². The molecule has 27 heavy (non-hydrogen) atoms. The van der Waals surface area contributed by atoms with Crippen molar-refractivity contribution >= 4 is 32.5 Å². The molecule has 0 atom stereocenters. The number of pyridine rings is 1. The van der Waals surface area contributed by atoms with Crippen molar-refractivity contribution in [3.05, 3.63) is 23.7 Å². The van der Waals surface area contributed by atoms with E-state index in [2.05, 4.69) is 26.6 Å². The van der Waals surface area contributed by atoms with Crippen LogP contribution in [0.25, 0.3) is 16.7 Å². The van der Waals surface area contributed by atoms with Crippen LogP contribution < -0.4 is 9.46 Å². The lowest BCUT2D eigenvalue weighted by Crippen LogP contribution is -2.13. The van der Waals surface area contributed by atoms with Crippen molar-refractivity contribution in [2.24, 2.45) is 5.92 Å². The van der Waals surface area contributed by atoms with Gasteiger partial charge in [-0.25, -0.2) is 18.4 Å². The topological polar surface area (TPSA) is 98.5 Å². The van der Waals surface area contributed by atoms with E-state index < -0.39 is 10.0 Å². The van der Waals surface area contributed by atoms with Gasteiger partial charge in [0.25, 0.3) is 0 Å². The first-order valence-corrected chi connectivity index (χ1v) is 11.0. The van der Waals surface area contributed by atoms with Crippen LogP contribution in [0.5, 0.6) is 5.88 Å². The molecule has 0 aliphatic heterocycles. The number of sulfonamides is 1. The van der Waals surface area contributed by atoms with E-state index in [0.717, 1.165) is 24.9 Å². The molecule has 1 aliphatic rings. The minimum absolute atomic E-state index is 0.269. The fraction of sp³-hybridized carbons (Fsp3) is 0.500. The molecule has 0 bridgehead atoms. The SMILES string of the molecule is CCCc1nc(C)c2c(NS(C)(=O)=O)nc3ccc(OCC4CC4)nc3n12. The average molecular weight is 389 g/mol. The summed E-state index contributed by atoms with van der Waals surface area (Å²) in [7, 11) is -3.48. The monoisotopic (exact) mass is 389 g/mol. The number of anilines is 1.